The topological polar surface area (TPSA) is 29.9 Å². The predicted molar refractivity (Wildman–Crippen MR) is 87.1 cm³/mol. The number of aryl methyl sites for hydroxylation is 1. The molecule has 3 rings (SSSR count). The highest BCUT2D eigenvalue weighted by Crippen LogP contribution is 2.26. The highest BCUT2D eigenvalue weighted by Gasteiger charge is 2.20. The molecule has 0 saturated carbocycles. The zero-order valence-electron chi connectivity index (χ0n) is 13.5. The predicted octanol–water partition coefficient (Wildman–Crippen LogP) is 3.38. The van der Waals surface area contributed by atoms with E-state index in [-0.39, 0.29) is 5.41 Å². The van der Waals surface area contributed by atoms with Crippen LogP contribution in [0, 0.1) is 0 Å². The van der Waals surface area contributed by atoms with Crippen LogP contribution in [0.3, 0.4) is 0 Å². The standard InChI is InChI=1S/C18H25N3/c1-5-17-20-15-12-19-11-10-16(15)21(17)14-8-6-13(7-9-14)18(2,3)4/h6-9,19H,5,10-12H2,1-4H3. The molecule has 0 aliphatic carbocycles. The van der Waals surface area contributed by atoms with E-state index in [0.29, 0.717) is 0 Å². The molecule has 3 heteroatoms. The molecule has 0 amide bonds. The van der Waals surface area contributed by atoms with Gasteiger partial charge in [-0.15, -0.1) is 0 Å². The van der Waals surface area contributed by atoms with Crippen molar-refractivity contribution in [2.24, 2.45) is 0 Å². The van der Waals surface area contributed by atoms with E-state index < -0.39 is 0 Å². The minimum atomic E-state index is 0.199. The van der Waals surface area contributed by atoms with Crippen molar-refractivity contribution in [3.05, 3.63) is 47.0 Å². The fraction of sp³-hybridized carbons (Fsp3) is 0.500. The average Bonchev–Trinajstić information content (AvgIpc) is 2.85. The van der Waals surface area contributed by atoms with Gasteiger partial charge < -0.3 is 9.88 Å². The Labute approximate surface area is 127 Å². The average molecular weight is 283 g/mol. The first-order valence-electron chi connectivity index (χ1n) is 7.91. The molecule has 0 saturated heterocycles. The van der Waals surface area contributed by atoms with Crippen molar-refractivity contribution in [3.63, 3.8) is 0 Å². The molecule has 0 radical (unpaired) electrons. The van der Waals surface area contributed by atoms with Crippen LogP contribution in [0.1, 0.15) is 50.5 Å². The number of rotatable bonds is 2. The van der Waals surface area contributed by atoms with E-state index in [1.165, 1.54) is 28.5 Å². The van der Waals surface area contributed by atoms with E-state index in [2.05, 4.69) is 61.8 Å². The van der Waals surface area contributed by atoms with Gasteiger partial charge in [0, 0.05) is 37.3 Å². The lowest BCUT2D eigenvalue weighted by Gasteiger charge is -2.20. The molecule has 0 fully saturated rings. The van der Waals surface area contributed by atoms with Crippen LogP contribution < -0.4 is 5.32 Å². The van der Waals surface area contributed by atoms with Crippen molar-refractivity contribution in [1.29, 1.82) is 0 Å². The number of aromatic nitrogens is 2. The number of hydrogen-bond donors (Lipinski definition) is 1. The third kappa shape index (κ3) is 2.62. The molecule has 112 valence electrons. The molecule has 21 heavy (non-hydrogen) atoms. The van der Waals surface area contributed by atoms with Crippen molar-refractivity contribution in [3.8, 4) is 5.69 Å². The Morgan fingerprint density at radius 1 is 1.19 bits per heavy atom. The van der Waals surface area contributed by atoms with Gasteiger partial charge in [-0.2, -0.15) is 0 Å². The summed E-state index contributed by atoms with van der Waals surface area (Å²) in [7, 11) is 0. The minimum Gasteiger partial charge on any atom is -0.311 e. The van der Waals surface area contributed by atoms with Gasteiger partial charge in [-0.25, -0.2) is 4.98 Å². The molecule has 1 aliphatic heterocycles. The van der Waals surface area contributed by atoms with Gasteiger partial charge >= 0.3 is 0 Å². The fourth-order valence-electron chi connectivity index (χ4n) is 3.02. The summed E-state index contributed by atoms with van der Waals surface area (Å²) in [5.41, 5.74) is 5.42. The molecule has 0 spiro atoms. The summed E-state index contributed by atoms with van der Waals surface area (Å²) >= 11 is 0. The first kappa shape index (κ1) is 14.3. The molecule has 0 bridgehead atoms. The van der Waals surface area contributed by atoms with Crippen LogP contribution in [0.5, 0.6) is 0 Å². The van der Waals surface area contributed by atoms with Crippen LogP contribution in [-0.2, 0) is 24.8 Å². The Morgan fingerprint density at radius 3 is 2.52 bits per heavy atom. The van der Waals surface area contributed by atoms with Crippen LogP contribution in [0.2, 0.25) is 0 Å². The normalized spacial score (nSPS) is 15.0. The van der Waals surface area contributed by atoms with E-state index in [4.69, 9.17) is 4.98 Å². The van der Waals surface area contributed by atoms with E-state index in [1.54, 1.807) is 0 Å². The number of hydrogen-bond acceptors (Lipinski definition) is 2. The number of benzene rings is 1. The summed E-state index contributed by atoms with van der Waals surface area (Å²) in [4.78, 5) is 4.82. The van der Waals surface area contributed by atoms with Gasteiger partial charge in [0.1, 0.15) is 5.82 Å². The fourth-order valence-corrected chi connectivity index (χ4v) is 3.02. The largest absolute Gasteiger partial charge is 0.311 e. The van der Waals surface area contributed by atoms with Crippen molar-refractivity contribution in [2.45, 2.75) is 52.5 Å². The van der Waals surface area contributed by atoms with Crippen LogP contribution in [0.15, 0.2) is 24.3 Å². The second-order valence-electron chi connectivity index (χ2n) is 6.83. The first-order valence-corrected chi connectivity index (χ1v) is 7.91. The van der Waals surface area contributed by atoms with Crippen LogP contribution >= 0.6 is 0 Å². The lowest BCUT2D eigenvalue weighted by Crippen LogP contribution is -2.24. The van der Waals surface area contributed by atoms with Crippen LogP contribution in [-0.4, -0.2) is 16.1 Å². The second kappa shape index (κ2) is 5.30. The van der Waals surface area contributed by atoms with Gasteiger partial charge in [-0.1, -0.05) is 39.8 Å². The Kier molecular flexibility index (Phi) is 3.62. The first-order chi connectivity index (χ1) is 10.0. The molecular weight excluding hydrogens is 258 g/mol. The van der Waals surface area contributed by atoms with E-state index in [9.17, 15) is 0 Å². The molecule has 1 N–H and O–H groups in total. The summed E-state index contributed by atoms with van der Waals surface area (Å²) in [6.07, 6.45) is 2.03. The van der Waals surface area contributed by atoms with Crippen molar-refractivity contribution < 1.29 is 0 Å². The summed E-state index contributed by atoms with van der Waals surface area (Å²) in [5.74, 6) is 1.17. The summed E-state index contributed by atoms with van der Waals surface area (Å²) in [5, 5.41) is 3.41. The Balaban J connectivity index is 2.06. The summed E-state index contributed by atoms with van der Waals surface area (Å²) in [6, 6.07) is 8.98. The molecule has 0 atom stereocenters. The SMILES string of the molecule is CCc1nc2c(n1-c1ccc(C(C)(C)C)cc1)CCNC2. The van der Waals surface area contributed by atoms with Crippen molar-refractivity contribution in [2.75, 3.05) is 6.54 Å². The molecule has 1 aromatic heterocycles. The molecule has 1 aliphatic rings. The summed E-state index contributed by atoms with van der Waals surface area (Å²) in [6.45, 7) is 10.9. The molecular formula is C18H25N3. The number of nitrogens with one attached hydrogen (secondary N) is 1. The number of nitrogens with zero attached hydrogens (tertiary/aromatic N) is 2. The lowest BCUT2D eigenvalue weighted by molar-refractivity contribution is 0.590. The van der Waals surface area contributed by atoms with Crippen LogP contribution in [0.25, 0.3) is 5.69 Å². The van der Waals surface area contributed by atoms with Crippen LogP contribution in [0.4, 0.5) is 0 Å². The van der Waals surface area contributed by atoms with Crippen molar-refractivity contribution in [1.82, 2.24) is 14.9 Å². The Morgan fingerprint density at radius 2 is 1.90 bits per heavy atom. The van der Waals surface area contributed by atoms with Crippen molar-refractivity contribution >= 4 is 0 Å². The maximum atomic E-state index is 4.82. The minimum absolute atomic E-state index is 0.199. The number of fused-ring (bicyclic) bond motifs is 1. The van der Waals surface area contributed by atoms with E-state index >= 15 is 0 Å². The highest BCUT2D eigenvalue weighted by atomic mass is 15.1. The molecule has 3 nitrogen and oxygen atoms in total. The third-order valence-electron chi connectivity index (χ3n) is 4.26. The van der Waals surface area contributed by atoms with Gasteiger partial charge in [0.2, 0.25) is 0 Å². The zero-order chi connectivity index (χ0) is 15.0. The lowest BCUT2D eigenvalue weighted by atomic mass is 9.87. The van der Waals surface area contributed by atoms with E-state index in [1.807, 2.05) is 0 Å². The molecule has 2 aromatic rings. The van der Waals surface area contributed by atoms with Gasteiger partial charge in [0.25, 0.3) is 0 Å². The third-order valence-corrected chi connectivity index (χ3v) is 4.26. The van der Waals surface area contributed by atoms with Gasteiger partial charge in [0.15, 0.2) is 0 Å². The quantitative estimate of drug-likeness (QED) is 0.915. The Hall–Kier alpha value is -1.61. The monoisotopic (exact) mass is 283 g/mol. The highest BCUT2D eigenvalue weighted by molar-refractivity contribution is 5.41. The number of imidazole rings is 1. The smallest absolute Gasteiger partial charge is 0.113 e. The second-order valence-corrected chi connectivity index (χ2v) is 6.83. The Bertz CT molecular complexity index is 630. The molecule has 0 unspecified atom stereocenters. The van der Waals surface area contributed by atoms with E-state index in [0.717, 1.165) is 25.9 Å². The zero-order valence-corrected chi connectivity index (χ0v) is 13.5. The van der Waals surface area contributed by atoms with Gasteiger partial charge in [0.05, 0.1) is 5.69 Å². The summed E-state index contributed by atoms with van der Waals surface area (Å²) < 4.78 is 2.36. The molecule has 1 aromatic carbocycles. The van der Waals surface area contributed by atoms with Gasteiger partial charge in [-0.3, -0.25) is 0 Å². The van der Waals surface area contributed by atoms with Gasteiger partial charge in [-0.05, 0) is 23.1 Å². The maximum absolute atomic E-state index is 4.82. The maximum Gasteiger partial charge on any atom is 0.113 e. The molecule has 2 heterocycles.